The third-order valence-corrected chi connectivity index (χ3v) is 3.49. The molecule has 17 heavy (non-hydrogen) atoms. The van der Waals surface area contributed by atoms with E-state index in [4.69, 9.17) is 4.42 Å². The monoisotopic (exact) mass is 358 g/mol. The van der Waals surface area contributed by atoms with Crippen molar-refractivity contribution < 1.29 is 9.21 Å². The van der Waals surface area contributed by atoms with Crippen LogP contribution in [0.3, 0.4) is 0 Å². The predicted octanol–water partition coefficient (Wildman–Crippen LogP) is 5.19. The van der Waals surface area contributed by atoms with Gasteiger partial charge in [-0.3, -0.25) is 4.79 Å². The average molecular weight is 360 g/mol. The van der Waals surface area contributed by atoms with Gasteiger partial charge >= 0.3 is 0 Å². The van der Waals surface area contributed by atoms with Crippen LogP contribution in [-0.2, 0) is 0 Å². The third kappa shape index (κ3) is 2.47. The second-order valence-electron chi connectivity index (χ2n) is 5.00. The Morgan fingerprint density at radius 2 is 1.82 bits per heavy atom. The molecule has 4 heteroatoms. The van der Waals surface area contributed by atoms with Gasteiger partial charge in [-0.25, -0.2) is 0 Å². The number of fused-ring (bicyclic) bond motifs is 1. The van der Waals surface area contributed by atoms with Gasteiger partial charge in [0.1, 0.15) is 5.58 Å². The van der Waals surface area contributed by atoms with Crippen molar-refractivity contribution in [1.82, 2.24) is 0 Å². The number of furan rings is 1. The van der Waals surface area contributed by atoms with Gasteiger partial charge in [0.15, 0.2) is 5.76 Å². The summed E-state index contributed by atoms with van der Waals surface area (Å²) in [4.78, 5) is 12.1. The Balaban J connectivity index is 2.60. The van der Waals surface area contributed by atoms with Crippen LogP contribution in [0.5, 0.6) is 0 Å². The maximum absolute atomic E-state index is 12.1. The van der Waals surface area contributed by atoms with Gasteiger partial charge in [0.2, 0.25) is 5.78 Å². The Kier molecular flexibility index (Phi) is 3.21. The van der Waals surface area contributed by atoms with Crippen LogP contribution in [0, 0.1) is 5.41 Å². The van der Waals surface area contributed by atoms with Gasteiger partial charge in [-0.05, 0) is 34.1 Å². The molecule has 0 atom stereocenters. The van der Waals surface area contributed by atoms with Gasteiger partial charge in [-0.1, -0.05) is 36.7 Å². The molecular weight excluding hydrogens is 348 g/mol. The molecule has 0 N–H and O–H groups in total. The van der Waals surface area contributed by atoms with Gasteiger partial charge in [-0.15, -0.1) is 0 Å². The van der Waals surface area contributed by atoms with E-state index >= 15 is 0 Å². The molecule has 0 aliphatic rings. The largest absolute Gasteiger partial charge is 0.452 e. The predicted molar refractivity (Wildman–Crippen MR) is 75.4 cm³/mol. The molecular formula is C13H12Br2O2. The second kappa shape index (κ2) is 4.25. The van der Waals surface area contributed by atoms with Crippen molar-refractivity contribution in [3.63, 3.8) is 0 Å². The van der Waals surface area contributed by atoms with Crippen LogP contribution in [0.15, 0.2) is 31.6 Å². The molecule has 0 saturated carbocycles. The number of Topliss-reactive ketones (excluding diaryl/α,β-unsaturated/α-hetero) is 1. The van der Waals surface area contributed by atoms with E-state index in [2.05, 4.69) is 31.9 Å². The maximum atomic E-state index is 12.1. The van der Waals surface area contributed by atoms with Gasteiger partial charge < -0.3 is 4.42 Å². The highest BCUT2D eigenvalue weighted by atomic mass is 79.9. The SMILES string of the molecule is CC(C)(C)C(=O)c1cc2cc(Br)cc(Br)c2o1. The highest BCUT2D eigenvalue weighted by molar-refractivity contribution is 9.11. The molecule has 0 radical (unpaired) electrons. The van der Waals surface area contributed by atoms with Crippen molar-refractivity contribution in [2.45, 2.75) is 20.8 Å². The summed E-state index contributed by atoms with van der Waals surface area (Å²) in [5.74, 6) is 0.419. The van der Waals surface area contributed by atoms with Crippen molar-refractivity contribution in [2.75, 3.05) is 0 Å². The first-order chi connectivity index (χ1) is 7.79. The molecule has 2 rings (SSSR count). The quantitative estimate of drug-likeness (QED) is 0.656. The molecule has 90 valence electrons. The summed E-state index contributed by atoms with van der Waals surface area (Å²) in [6.45, 7) is 5.65. The Labute approximate surface area is 117 Å². The second-order valence-corrected chi connectivity index (χ2v) is 6.77. The molecule has 0 fully saturated rings. The summed E-state index contributed by atoms with van der Waals surface area (Å²) in [5, 5.41) is 0.916. The van der Waals surface area contributed by atoms with Crippen LogP contribution >= 0.6 is 31.9 Å². The molecule has 2 nitrogen and oxygen atoms in total. The Bertz CT molecular complexity index is 591. The van der Waals surface area contributed by atoms with Gasteiger partial charge in [0, 0.05) is 15.3 Å². The fourth-order valence-electron chi connectivity index (χ4n) is 1.56. The first-order valence-electron chi connectivity index (χ1n) is 5.22. The van der Waals surface area contributed by atoms with Crippen LogP contribution in [0.25, 0.3) is 11.0 Å². The van der Waals surface area contributed by atoms with Crippen LogP contribution in [0.4, 0.5) is 0 Å². The van der Waals surface area contributed by atoms with Gasteiger partial charge in [-0.2, -0.15) is 0 Å². The molecule has 0 amide bonds. The van der Waals surface area contributed by atoms with E-state index in [0.29, 0.717) is 11.3 Å². The summed E-state index contributed by atoms with van der Waals surface area (Å²) in [7, 11) is 0. The van der Waals surface area contributed by atoms with Crippen molar-refractivity contribution in [3.05, 3.63) is 32.9 Å². The van der Waals surface area contributed by atoms with E-state index in [1.54, 1.807) is 6.07 Å². The van der Waals surface area contributed by atoms with Gasteiger partial charge in [0.05, 0.1) is 4.47 Å². The van der Waals surface area contributed by atoms with E-state index in [1.807, 2.05) is 32.9 Å². The fourth-order valence-corrected chi connectivity index (χ4v) is 2.90. The lowest BCUT2D eigenvalue weighted by molar-refractivity contribution is 0.0831. The average Bonchev–Trinajstić information content (AvgIpc) is 2.58. The lowest BCUT2D eigenvalue weighted by Gasteiger charge is -2.13. The molecule has 0 spiro atoms. The Hall–Kier alpha value is -0.610. The van der Waals surface area contributed by atoms with E-state index in [9.17, 15) is 4.79 Å². The van der Waals surface area contributed by atoms with E-state index in [1.165, 1.54) is 0 Å². The molecule has 1 aromatic carbocycles. The van der Waals surface area contributed by atoms with Crippen LogP contribution in [-0.4, -0.2) is 5.78 Å². The molecule has 1 heterocycles. The minimum absolute atomic E-state index is 0.0109. The standard InChI is InChI=1S/C13H12Br2O2/c1-13(2,3)12(16)10-5-7-4-8(14)6-9(15)11(7)17-10/h4-6H,1-3H3. The lowest BCUT2D eigenvalue weighted by atomic mass is 9.89. The Morgan fingerprint density at radius 1 is 1.18 bits per heavy atom. The molecule has 2 aromatic rings. The third-order valence-electron chi connectivity index (χ3n) is 2.44. The zero-order chi connectivity index (χ0) is 12.8. The number of hydrogen-bond donors (Lipinski definition) is 0. The Morgan fingerprint density at radius 3 is 2.41 bits per heavy atom. The molecule has 0 aliphatic heterocycles. The highest BCUT2D eigenvalue weighted by Crippen LogP contribution is 2.33. The maximum Gasteiger partial charge on any atom is 0.203 e. The summed E-state index contributed by atoms with van der Waals surface area (Å²) in [6.07, 6.45) is 0. The number of halogens is 2. The summed E-state index contributed by atoms with van der Waals surface area (Å²) in [5.41, 5.74) is 0.276. The van der Waals surface area contributed by atoms with E-state index in [-0.39, 0.29) is 5.78 Å². The molecule has 0 bridgehead atoms. The van der Waals surface area contributed by atoms with Crippen LogP contribution < -0.4 is 0 Å². The number of carbonyl (C=O) groups is 1. The molecule has 1 aromatic heterocycles. The normalized spacial score (nSPS) is 12.1. The highest BCUT2D eigenvalue weighted by Gasteiger charge is 2.26. The number of rotatable bonds is 1. The van der Waals surface area contributed by atoms with Crippen LogP contribution in [0.1, 0.15) is 31.3 Å². The number of hydrogen-bond acceptors (Lipinski definition) is 2. The summed E-state index contributed by atoms with van der Waals surface area (Å²) < 4.78 is 7.42. The number of benzene rings is 1. The van der Waals surface area contributed by atoms with E-state index < -0.39 is 5.41 Å². The smallest absolute Gasteiger partial charge is 0.203 e. The molecule has 0 unspecified atom stereocenters. The topological polar surface area (TPSA) is 30.2 Å². The first-order valence-corrected chi connectivity index (χ1v) is 6.81. The van der Waals surface area contributed by atoms with Crippen molar-refractivity contribution in [2.24, 2.45) is 5.41 Å². The van der Waals surface area contributed by atoms with Crippen molar-refractivity contribution in [1.29, 1.82) is 0 Å². The van der Waals surface area contributed by atoms with Crippen LogP contribution in [0.2, 0.25) is 0 Å². The number of ketones is 1. The summed E-state index contributed by atoms with van der Waals surface area (Å²) in [6, 6.07) is 5.62. The first kappa shape index (κ1) is 12.8. The fraction of sp³-hybridized carbons (Fsp3) is 0.308. The summed E-state index contributed by atoms with van der Waals surface area (Å²) >= 11 is 6.84. The molecule has 0 saturated heterocycles. The molecule has 0 aliphatic carbocycles. The van der Waals surface area contributed by atoms with Crippen molar-refractivity contribution in [3.8, 4) is 0 Å². The lowest BCUT2D eigenvalue weighted by Crippen LogP contribution is -2.19. The number of carbonyl (C=O) groups excluding carboxylic acids is 1. The zero-order valence-electron chi connectivity index (χ0n) is 9.80. The van der Waals surface area contributed by atoms with Crippen molar-refractivity contribution >= 4 is 48.6 Å². The van der Waals surface area contributed by atoms with Gasteiger partial charge in [0.25, 0.3) is 0 Å². The minimum atomic E-state index is -0.433. The van der Waals surface area contributed by atoms with E-state index in [0.717, 1.165) is 14.3 Å². The minimum Gasteiger partial charge on any atom is -0.452 e. The zero-order valence-corrected chi connectivity index (χ0v) is 13.0.